The fraction of sp³-hybridized carbons (Fsp3) is 0.333. The lowest BCUT2D eigenvalue weighted by Crippen LogP contribution is -2.45. The first-order valence-corrected chi connectivity index (χ1v) is 14.7. The monoisotopic (exact) mass is 565 g/mol. The number of nitrogens with one attached hydrogen (secondary N) is 1. The van der Waals surface area contributed by atoms with Crippen molar-refractivity contribution < 1.29 is 37.2 Å². The van der Waals surface area contributed by atoms with Gasteiger partial charge in [0.1, 0.15) is 6.61 Å². The van der Waals surface area contributed by atoms with Crippen molar-refractivity contribution >= 4 is 19.9 Å². The van der Waals surface area contributed by atoms with E-state index in [1.54, 1.807) is 6.92 Å². The molecule has 0 radical (unpaired) electrons. The molecule has 0 aliphatic heterocycles. The molecule has 210 valence electrons. The van der Waals surface area contributed by atoms with Gasteiger partial charge in [0.15, 0.2) is 6.04 Å². The van der Waals surface area contributed by atoms with E-state index in [4.69, 9.17) is 23.0 Å². The number of methoxy groups -OCH3 is 1. The number of ether oxygens (including phenoxy) is 2. The van der Waals surface area contributed by atoms with Crippen LogP contribution in [0, 0.1) is 0 Å². The largest absolute Gasteiger partial charge is 0.475 e. The Labute approximate surface area is 233 Å². The zero-order valence-corrected chi connectivity index (χ0v) is 23.3. The fourth-order valence-electron chi connectivity index (χ4n) is 5.29. The predicted octanol–water partition coefficient (Wildman–Crippen LogP) is 5.41. The van der Waals surface area contributed by atoms with Crippen molar-refractivity contribution in [1.82, 2.24) is 5.32 Å². The molecule has 40 heavy (non-hydrogen) atoms. The summed E-state index contributed by atoms with van der Waals surface area (Å²) in [6.45, 7) is 1.31. The molecule has 3 aromatic carbocycles. The number of alkyl carbamates (subject to hydrolysis) is 1. The molecule has 0 bridgehead atoms. The van der Waals surface area contributed by atoms with E-state index in [2.05, 4.69) is 5.32 Å². The van der Waals surface area contributed by atoms with Crippen molar-refractivity contribution in [2.24, 2.45) is 0 Å². The van der Waals surface area contributed by atoms with E-state index in [9.17, 15) is 14.2 Å². The first-order valence-electron chi connectivity index (χ1n) is 13.2. The summed E-state index contributed by atoms with van der Waals surface area (Å²) in [4.78, 5) is 25.2. The normalized spacial score (nSPS) is 16.4. The third-order valence-electron chi connectivity index (χ3n) is 7.10. The van der Waals surface area contributed by atoms with Gasteiger partial charge in [0.05, 0.1) is 26.4 Å². The summed E-state index contributed by atoms with van der Waals surface area (Å²) in [7, 11) is -2.87. The minimum Gasteiger partial charge on any atom is -0.467 e. The molecule has 1 amide bonds. The van der Waals surface area contributed by atoms with Gasteiger partial charge in [0, 0.05) is 5.92 Å². The Morgan fingerprint density at radius 1 is 0.900 bits per heavy atom. The average molecular weight is 566 g/mol. The summed E-state index contributed by atoms with van der Waals surface area (Å²) in [6, 6.07) is 22.5. The van der Waals surface area contributed by atoms with Gasteiger partial charge in [-0.25, -0.2) is 14.2 Å². The smallest absolute Gasteiger partial charge is 0.467 e. The summed E-state index contributed by atoms with van der Waals surface area (Å²) in [5, 5.41) is 2.47. The van der Waals surface area contributed by atoms with Crippen LogP contribution in [-0.2, 0) is 45.2 Å². The second-order valence-corrected chi connectivity index (χ2v) is 11.2. The van der Waals surface area contributed by atoms with Crippen molar-refractivity contribution in [2.45, 2.75) is 37.8 Å². The predicted molar refractivity (Wildman–Crippen MR) is 148 cm³/mol. The van der Waals surface area contributed by atoms with Crippen LogP contribution >= 0.6 is 7.82 Å². The Morgan fingerprint density at radius 2 is 1.48 bits per heavy atom. The SMILES string of the molecule is CCOP(=O)(OC[C@H](NC(=O)OCC1c2ccccc2-c2ccccc21)C(=O)OC)OC1Cc2ccccc2C1. The van der Waals surface area contributed by atoms with Crippen LogP contribution in [0.3, 0.4) is 0 Å². The van der Waals surface area contributed by atoms with Crippen LogP contribution in [0.15, 0.2) is 72.8 Å². The molecule has 0 fully saturated rings. The Balaban J connectivity index is 1.20. The van der Waals surface area contributed by atoms with Crippen LogP contribution in [-0.4, -0.2) is 51.1 Å². The molecule has 0 aromatic heterocycles. The minimum atomic E-state index is -4.05. The zero-order valence-electron chi connectivity index (χ0n) is 22.4. The summed E-state index contributed by atoms with van der Waals surface area (Å²) in [5.74, 6) is -0.932. The summed E-state index contributed by atoms with van der Waals surface area (Å²) < 4.78 is 40.4. The van der Waals surface area contributed by atoms with E-state index in [0.29, 0.717) is 12.8 Å². The Bertz CT molecular complexity index is 1360. The summed E-state index contributed by atoms with van der Waals surface area (Å²) in [6.07, 6.45) is -0.106. The number of phosphoric acid groups is 1. The van der Waals surface area contributed by atoms with Crippen LogP contribution in [0.25, 0.3) is 11.1 Å². The molecule has 0 saturated heterocycles. The molecule has 1 N–H and O–H groups in total. The fourth-order valence-corrected chi connectivity index (χ4v) is 6.65. The molecule has 5 rings (SSSR count). The topological polar surface area (TPSA) is 109 Å². The molecule has 1 unspecified atom stereocenters. The minimum absolute atomic E-state index is 0.0669. The lowest BCUT2D eigenvalue weighted by atomic mass is 9.98. The van der Waals surface area contributed by atoms with Crippen LogP contribution < -0.4 is 5.32 Å². The van der Waals surface area contributed by atoms with Crippen molar-refractivity contribution in [2.75, 3.05) is 26.9 Å². The molecular formula is C30H32NO8P. The average Bonchev–Trinajstić information content (AvgIpc) is 3.52. The number of hydrogen-bond donors (Lipinski definition) is 1. The first kappa shape index (κ1) is 28.1. The number of rotatable bonds is 11. The zero-order chi connectivity index (χ0) is 28.1. The van der Waals surface area contributed by atoms with Gasteiger partial charge < -0.3 is 14.8 Å². The van der Waals surface area contributed by atoms with Crippen LogP contribution in [0.5, 0.6) is 0 Å². The molecule has 0 spiro atoms. The maximum absolute atomic E-state index is 13.4. The van der Waals surface area contributed by atoms with Gasteiger partial charge in [-0.15, -0.1) is 0 Å². The van der Waals surface area contributed by atoms with E-state index in [0.717, 1.165) is 33.4 Å². The van der Waals surface area contributed by atoms with Crippen LogP contribution in [0.4, 0.5) is 4.79 Å². The molecule has 9 nitrogen and oxygen atoms in total. The van der Waals surface area contributed by atoms with Crippen molar-refractivity contribution in [3.63, 3.8) is 0 Å². The van der Waals surface area contributed by atoms with Crippen molar-refractivity contribution in [1.29, 1.82) is 0 Å². The van der Waals surface area contributed by atoms with Gasteiger partial charge >= 0.3 is 19.9 Å². The number of hydrogen-bond acceptors (Lipinski definition) is 8. The second-order valence-electron chi connectivity index (χ2n) is 9.61. The summed E-state index contributed by atoms with van der Waals surface area (Å²) in [5.41, 5.74) is 6.55. The molecule has 3 aromatic rings. The highest BCUT2D eigenvalue weighted by Gasteiger charge is 2.36. The number of esters is 1. The number of carbonyl (C=O) groups is 2. The van der Waals surface area contributed by atoms with Gasteiger partial charge in [0.2, 0.25) is 0 Å². The molecule has 0 saturated carbocycles. The maximum atomic E-state index is 13.4. The van der Waals surface area contributed by atoms with E-state index < -0.39 is 38.6 Å². The molecule has 10 heteroatoms. The van der Waals surface area contributed by atoms with Crippen molar-refractivity contribution in [3.8, 4) is 11.1 Å². The molecule has 0 heterocycles. The van der Waals surface area contributed by atoms with Gasteiger partial charge in [-0.2, -0.15) is 0 Å². The van der Waals surface area contributed by atoms with Crippen LogP contribution in [0.1, 0.15) is 35.1 Å². The third kappa shape index (κ3) is 6.13. The molecular weight excluding hydrogens is 533 g/mol. The Morgan fingerprint density at radius 3 is 2.05 bits per heavy atom. The number of benzene rings is 3. The highest BCUT2D eigenvalue weighted by Crippen LogP contribution is 2.52. The quantitative estimate of drug-likeness (QED) is 0.243. The van der Waals surface area contributed by atoms with E-state index in [1.165, 1.54) is 7.11 Å². The molecule has 2 aliphatic rings. The Hall–Kier alpha value is -3.49. The van der Waals surface area contributed by atoms with Gasteiger partial charge in [-0.1, -0.05) is 72.8 Å². The third-order valence-corrected chi connectivity index (χ3v) is 8.70. The van der Waals surface area contributed by atoms with Crippen molar-refractivity contribution in [3.05, 3.63) is 95.1 Å². The number of phosphoric ester groups is 1. The van der Waals surface area contributed by atoms with E-state index >= 15 is 0 Å². The highest BCUT2D eigenvalue weighted by molar-refractivity contribution is 7.48. The lowest BCUT2D eigenvalue weighted by Gasteiger charge is -2.23. The Kier molecular flexibility index (Phi) is 8.66. The molecule has 2 aliphatic carbocycles. The van der Waals surface area contributed by atoms with E-state index in [1.807, 2.05) is 72.8 Å². The number of carbonyl (C=O) groups excluding carboxylic acids is 2. The van der Waals surface area contributed by atoms with Crippen LogP contribution in [0.2, 0.25) is 0 Å². The maximum Gasteiger partial charge on any atom is 0.475 e. The van der Waals surface area contributed by atoms with Gasteiger partial charge in [-0.05, 0) is 53.1 Å². The summed E-state index contributed by atoms with van der Waals surface area (Å²) >= 11 is 0. The van der Waals surface area contributed by atoms with E-state index in [-0.39, 0.29) is 19.1 Å². The highest BCUT2D eigenvalue weighted by atomic mass is 31.2. The lowest BCUT2D eigenvalue weighted by molar-refractivity contribution is -0.143. The van der Waals surface area contributed by atoms with Gasteiger partial charge in [0.25, 0.3) is 0 Å². The first-order chi connectivity index (χ1) is 19.4. The van der Waals surface area contributed by atoms with Gasteiger partial charge in [-0.3, -0.25) is 13.6 Å². The number of fused-ring (bicyclic) bond motifs is 4. The second kappa shape index (κ2) is 12.4. The number of amides is 1. The standard InChI is InChI=1S/C30H32NO8P/c1-3-37-40(34,39-22-16-20-10-4-5-11-21(20)17-22)38-19-28(29(32)35-2)31-30(33)36-18-27-25-14-8-6-12-23(25)24-13-7-9-15-26(24)27/h4-15,22,27-28H,3,16-19H2,1-2H3,(H,31,33)/t28-,40?/m0/s1. The molecule has 2 atom stereocenters.